The van der Waals surface area contributed by atoms with E-state index in [4.69, 9.17) is 0 Å². The third kappa shape index (κ3) is 1.91. The lowest BCUT2D eigenvalue weighted by molar-refractivity contribution is 0.752. The van der Waals surface area contributed by atoms with Gasteiger partial charge in [0.1, 0.15) is 7.28 Å². The molecule has 0 heterocycles. The van der Waals surface area contributed by atoms with Crippen LogP contribution in [0.15, 0.2) is 24.3 Å². The van der Waals surface area contributed by atoms with Crippen LogP contribution in [0, 0.1) is 6.92 Å². The Bertz CT molecular complexity index is 246. The molecule has 12 heavy (non-hydrogen) atoms. The van der Waals surface area contributed by atoms with Crippen LogP contribution in [0.3, 0.4) is 0 Å². The molecule has 0 bridgehead atoms. The summed E-state index contributed by atoms with van der Waals surface area (Å²) in [4.78, 5) is 0. The van der Waals surface area contributed by atoms with Crippen molar-refractivity contribution in [2.75, 3.05) is 0 Å². The highest BCUT2D eigenvalue weighted by Crippen LogP contribution is 2.21. The molecule has 0 aliphatic rings. The molecule has 0 unspecified atom stereocenters. The van der Waals surface area contributed by atoms with E-state index in [9.17, 15) is 0 Å². The van der Waals surface area contributed by atoms with E-state index in [0.29, 0.717) is 5.31 Å². The van der Waals surface area contributed by atoms with Crippen LogP contribution in [0.2, 0.25) is 6.82 Å². The van der Waals surface area contributed by atoms with Crippen LogP contribution >= 0.6 is 0 Å². The molecule has 0 aliphatic carbocycles. The molecule has 0 N–H and O–H groups in total. The molecule has 1 aromatic rings. The van der Waals surface area contributed by atoms with E-state index in [1.165, 1.54) is 18.4 Å². The molecule has 1 rings (SSSR count). The molecule has 0 nitrogen and oxygen atoms in total. The van der Waals surface area contributed by atoms with E-state index in [2.05, 4.69) is 51.9 Å². The average molecular weight is 160 g/mol. The minimum Gasteiger partial charge on any atom is -0.0885 e. The standard InChI is InChI=1S/C11H17B/c1-9-5-7-10(8-6-9)11(2,3)12-4/h5-8,12H,1-4H3. The maximum absolute atomic E-state index is 2.29. The predicted octanol–water partition coefficient (Wildman–Crippen LogP) is 2.71. The Morgan fingerprint density at radius 2 is 1.58 bits per heavy atom. The summed E-state index contributed by atoms with van der Waals surface area (Å²) in [5.74, 6) is 0. The van der Waals surface area contributed by atoms with Crippen LogP contribution in [-0.4, -0.2) is 7.28 Å². The van der Waals surface area contributed by atoms with Gasteiger partial charge in [0, 0.05) is 0 Å². The zero-order chi connectivity index (χ0) is 9.19. The summed E-state index contributed by atoms with van der Waals surface area (Å²) in [6.45, 7) is 8.94. The number of benzene rings is 1. The minimum atomic E-state index is 0.327. The number of aryl methyl sites for hydroxylation is 1. The lowest BCUT2D eigenvalue weighted by Crippen LogP contribution is -2.23. The highest BCUT2D eigenvalue weighted by Gasteiger charge is 2.17. The quantitative estimate of drug-likeness (QED) is 0.583. The van der Waals surface area contributed by atoms with E-state index >= 15 is 0 Å². The summed E-state index contributed by atoms with van der Waals surface area (Å²) in [5, 5.41) is 0.327. The fourth-order valence-corrected chi connectivity index (χ4v) is 1.21. The Labute approximate surface area is 76.2 Å². The van der Waals surface area contributed by atoms with Crippen LogP contribution in [0.5, 0.6) is 0 Å². The largest absolute Gasteiger partial charge is 0.129 e. The van der Waals surface area contributed by atoms with E-state index in [0.717, 1.165) is 0 Å². The number of hydrogen-bond acceptors (Lipinski definition) is 0. The van der Waals surface area contributed by atoms with Crippen LogP contribution in [0.25, 0.3) is 0 Å². The van der Waals surface area contributed by atoms with Crippen molar-refractivity contribution in [2.24, 2.45) is 0 Å². The van der Waals surface area contributed by atoms with Crippen LogP contribution in [0.1, 0.15) is 25.0 Å². The molecule has 64 valence electrons. The van der Waals surface area contributed by atoms with E-state index < -0.39 is 0 Å². The van der Waals surface area contributed by atoms with Crippen molar-refractivity contribution in [1.29, 1.82) is 0 Å². The fourth-order valence-electron chi connectivity index (χ4n) is 1.21. The topological polar surface area (TPSA) is 0 Å². The van der Waals surface area contributed by atoms with Crippen molar-refractivity contribution in [2.45, 2.75) is 32.9 Å². The SMILES string of the molecule is CBC(C)(C)c1ccc(C)cc1. The lowest BCUT2D eigenvalue weighted by atomic mass is 9.53. The normalized spacial score (nSPS) is 11.3. The van der Waals surface area contributed by atoms with E-state index in [1.807, 2.05) is 0 Å². The average Bonchev–Trinajstić information content (AvgIpc) is 2.05. The summed E-state index contributed by atoms with van der Waals surface area (Å²) in [6.07, 6.45) is 0. The number of hydrogen-bond donors (Lipinski definition) is 0. The second-order valence-electron chi connectivity index (χ2n) is 4.10. The number of rotatable bonds is 2. The van der Waals surface area contributed by atoms with Gasteiger partial charge in [0.2, 0.25) is 0 Å². The van der Waals surface area contributed by atoms with Gasteiger partial charge in [-0.2, -0.15) is 0 Å². The molecule has 0 saturated heterocycles. The molecule has 0 aromatic heterocycles. The first-order chi connectivity index (χ1) is 5.56. The Morgan fingerprint density at radius 3 is 2.00 bits per heavy atom. The first-order valence-corrected chi connectivity index (χ1v) is 4.63. The Morgan fingerprint density at radius 1 is 1.08 bits per heavy atom. The Kier molecular flexibility index (Phi) is 2.61. The van der Waals surface area contributed by atoms with Crippen molar-refractivity contribution in [1.82, 2.24) is 0 Å². The summed E-state index contributed by atoms with van der Waals surface area (Å²) < 4.78 is 0. The molecule has 0 fully saturated rings. The van der Waals surface area contributed by atoms with Gasteiger partial charge in [-0.15, -0.1) is 0 Å². The second-order valence-corrected chi connectivity index (χ2v) is 4.10. The highest BCUT2D eigenvalue weighted by atomic mass is 14.1. The van der Waals surface area contributed by atoms with Crippen molar-refractivity contribution >= 4 is 7.28 Å². The minimum absolute atomic E-state index is 0.327. The molecule has 0 amide bonds. The van der Waals surface area contributed by atoms with Gasteiger partial charge in [0.15, 0.2) is 0 Å². The maximum Gasteiger partial charge on any atom is 0.129 e. The summed E-state index contributed by atoms with van der Waals surface area (Å²) in [5.41, 5.74) is 2.78. The van der Waals surface area contributed by atoms with Gasteiger partial charge in [-0.05, 0) is 17.8 Å². The fraction of sp³-hybridized carbons (Fsp3) is 0.455. The van der Waals surface area contributed by atoms with Crippen molar-refractivity contribution < 1.29 is 0 Å². The lowest BCUT2D eigenvalue weighted by Gasteiger charge is -2.22. The summed E-state index contributed by atoms with van der Waals surface area (Å²) in [7, 11) is 1.19. The zero-order valence-corrected chi connectivity index (χ0v) is 8.52. The maximum atomic E-state index is 2.29. The van der Waals surface area contributed by atoms with Crippen LogP contribution in [-0.2, 0) is 5.31 Å². The van der Waals surface area contributed by atoms with Gasteiger partial charge in [-0.1, -0.05) is 50.5 Å². The third-order valence-electron chi connectivity index (χ3n) is 2.72. The molecule has 1 aromatic carbocycles. The van der Waals surface area contributed by atoms with Crippen molar-refractivity contribution in [3.8, 4) is 0 Å². The monoisotopic (exact) mass is 160 g/mol. The second kappa shape index (κ2) is 3.34. The third-order valence-corrected chi connectivity index (χ3v) is 2.72. The van der Waals surface area contributed by atoms with E-state index in [-0.39, 0.29) is 0 Å². The van der Waals surface area contributed by atoms with Gasteiger partial charge in [-0.25, -0.2) is 0 Å². The molecule has 0 saturated carbocycles. The highest BCUT2D eigenvalue weighted by molar-refractivity contribution is 6.38. The smallest absolute Gasteiger partial charge is 0.0885 e. The van der Waals surface area contributed by atoms with Gasteiger partial charge in [0.05, 0.1) is 0 Å². The predicted molar refractivity (Wildman–Crippen MR) is 57.2 cm³/mol. The molecular formula is C11H17B. The van der Waals surface area contributed by atoms with E-state index in [1.54, 1.807) is 0 Å². The molecule has 1 heteroatoms. The molecule has 0 radical (unpaired) electrons. The first-order valence-electron chi connectivity index (χ1n) is 4.63. The Hall–Kier alpha value is -0.715. The zero-order valence-electron chi connectivity index (χ0n) is 8.52. The van der Waals surface area contributed by atoms with Gasteiger partial charge < -0.3 is 0 Å². The van der Waals surface area contributed by atoms with Crippen LogP contribution in [0.4, 0.5) is 0 Å². The first kappa shape index (κ1) is 9.37. The van der Waals surface area contributed by atoms with Crippen LogP contribution < -0.4 is 0 Å². The molecule has 0 atom stereocenters. The summed E-state index contributed by atoms with van der Waals surface area (Å²) in [6, 6.07) is 8.84. The van der Waals surface area contributed by atoms with Gasteiger partial charge in [0.25, 0.3) is 0 Å². The summed E-state index contributed by atoms with van der Waals surface area (Å²) >= 11 is 0. The van der Waals surface area contributed by atoms with Crippen molar-refractivity contribution in [3.05, 3.63) is 35.4 Å². The van der Waals surface area contributed by atoms with Crippen molar-refractivity contribution in [3.63, 3.8) is 0 Å². The van der Waals surface area contributed by atoms with Gasteiger partial charge >= 0.3 is 0 Å². The Balaban J connectivity index is 2.96. The van der Waals surface area contributed by atoms with Gasteiger partial charge in [-0.3, -0.25) is 0 Å². The molecule has 0 aliphatic heterocycles. The molecule has 0 spiro atoms. The molecular weight excluding hydrogens is 143 g/mol.